The fraction of sp³-hybridized carbons (Fsp3) is 0.571. The van der Waals surface area contributed by atoms with Crippen molar-refractivity contribution in [2.45, 2.75) is 45.6 Å². The molecule has 0 spiro atoms. The lowest BCUT2D eigenvalue weighted by Gasteiger charge is -2.24. The number of hydrogen-bond acceptors (Lipinski definition) is 1. The van der Waals surface area contributed by atoms with E-state index < -0.39 is 23.5 Å². The van der Waals surface area contributed by atoms with Crippen LogP contribution >= 0.6 is 0 Å². The van der Waals surface area contributed by atoms with Crippen LogP contribution in [-0.4, -0.2) is 0 Å². The first-order valence-electron chi connectivity index (χ1n) is 6.41. The Kier molecular flexibility index (Phi) is 5.66. The Balaban J connectivity index is 3.00. The SMILES string of the molecule is CCCC(CCC)C(N)c1ccc(F)c(F)c1F. The number of rotatable bonds is 6. The van der Waals surface area contributed by atoms with E-state index in [1.807, 2.05) is 13.8 Å². The molecule has 0 saturated heterocycles. The third kappa shape index (κ3) is 3.25. The molecule has 0 aliphatic heterocycles. The Morgan fingerprint density at radius 1 is 1.00 bits per heavy atom. The van der Waals surface area contributed by atoms with Gasteiger partial charge in [0.05, 0.1) is 0 Å². The summed E-state index contributed by atoms with van der Waals surface area (Å²) in [7, 11) is 0. The minimum absolute atomic E-state index is 0.0702. The molecular formula is C14H20F3N. The second-order valence-electron chi connectivity index (χ2n) is 4.63. The summed E-state index contributed by atoms with van der Waals surface area (Å²) in [6.45, 7) is 4.05. The summed E-state index contributed by atoms with van der Waals surface area (Å²) in [5.74, 6) is -3.67. The van der Waals surface area contributed by atoms with Gasteiger partial charge in [-0.1, -0.05) is 32.8 Å². The first-order chi connectivity index (χ1) is 8.52. The van der Waals surface area contributed by atoms with Crippen molar-refractivity contribution in [3.8, 4) is 0 Å². The smallest absolute Gasteiger partial charge is 0.194 e. The van der Waals surface area contributed by atoms with Crippen LogP contribution in [-0.2, 0) is 0 Å². The molecule has 18 heavy (non-hydrogen) atoms. The van der Waals surface area contributed by atoms with E-state index in [1.54, 1.807) is 0 Å². The number of nitrogens with two attached hydrogens (primary N) is 1. The average Bonchev–Trinajstić information content (AvgIpc) is 2.35. The second-order valence-corrected chi connectivity index (χ2v) is 4.63. The Hall–Kier alpha value is -1.03. The average molecular weight is 259 g/mol. The van der Waals surface area contributed by atoms with E-state index in [0.717, 1.165) is 31.7 Å². The van der Waals surface area contributed by atoms with Crippen LogP contribution in [0.3, 0.4) is 0 Å². The topological polar surface area (TPSA) is 26.0 Å². The zero-order chi connectivity index (χ0) is 13.7. The fourth-order valence-electron chi connectivity index (χ4n) is 2.30. The van der Waals surface area contributed by atoms with Gasteiger partial charge < -0.3 is 5.73 Å². The van der Waals surface area contributed by atoms with Crippen LogP contribution in [0.4, 0.5) is 13.2 Å². The molecule has 1 atom stereocenters. The van der Waals surface area contributed by atoms with Gasteiger partial charge in [0.1, 0.15) is 0 Å². The van der Waals surface area contributed by atoms with E-state index in [-0.39, 0.29) is 11.5 Å². The van der Waals surface area contributed by atoms with Crippen LogP contribution in [0.25, 0.3) is 0 Å². The van der Waals surface area contributed by atoms with E-state index in [9.17, 15) is 13.2 Å². The van der Waals surface area contributed by atoms with Crippen LogP contribution in [0.15, 0.2) is 12.1 Å². The quantitative estimate of drug-likeness (QED) is 0.756. The highest BCUT2D eigenvalue weighted by Gasteiger charge is 2.24. The monoisotopic (exact) mass is 259 g/mol. The first kappa shape index (κ1) is 15.0. The Morgan fingerprint density at radius 3 is 2.06 bits per heavy atom. The number of benzene rings is 1. The summed E-state index contributed by atoms with van der Waals surface area (Å²) in [4.78, 5) is 0. The van der Waals surface area contributed by atoms with Gasteiger partial charge in [0.25, 0.3) is 0 Å². The summed E-state index contributed by atoms with van der Waals surface area (Å²) < 4.78 is 39.7. The largest absolute Gasteiger partial charge is 0.324 e. The molecule has 1 nitrogen and oxygen atoms in total. The van der Waals surface area contributed by atoms with Gasteiger partial charge in [-0.05, 0) is 24.8 Å². The third-order valence-corrected chi connectivity index (χ3v) is 3.25. The van der Waals surface area contributed by atoms with Crippen molar-refractivity contribution in [3.63, 3.8) is 0 Å². The van der Waals surface area contributed by atoms with Crippen LogP contribution < -0.4 is 5.73 Å². The molecule has 0 saturated carbocycles. The predicted octanol–water partition coefficient (Wildman–Crippen LogP) is 4.32. The molecule has 0 aliphatic rings. The molecule has 0 bridgehead atoms. The minimum Gasteiger partial charge on any atom is -0.324 e. The standard InChI is InChI=1S/C14H20F3N/c1-3-5-9(6-4-2)14(18)10-7-8-11(15)13(17)12(10)16/h7-9,14H,3-6,18H2,1-2H3. The van der Waals surface area contributed by atoms with Gasteiger partial charge in [-0.2, -0.15) is 0 Å². The van der Waals surface area contributed by atoms with Crippen molar-refractivity contribution >= 4 is 0 Å². The van der Waals surface area contributed by atoms with Crippen molar-refractivity contribution < 1.29 is 13.2 Å². The normalized spacial score (nSPS) is 13.1. The Labute approximate surface area is 106 Å². The van der Waals surface area contributed by atoms with Gasteiger partial charge in [0.2, 0.25) is 0 Å². The van der Waals surface area contributed by atoms with Crippen molar-refractivity contribution in [1.82, 2.24) is 0 Å². The highest BCUT2D eigenvalue weighted by atomic mass is 19.2. The van der Waals surface area contributed by atoms with Crippen molar-refractivity contribution in [1.29, 1.82) is 0 Å². The molecule has 0 fully saturated rings. The fourth-order valence-corrected chi connectivity index (χ4v) is 2.30. The molecule has 0 aliphatic carbocycles. The molecule has 0 radical (unpaired) electrons. The Bertz CT molecular complexity index is 387. The number of hydrogen-bond donors (Lipinski definition) is 1. The van der Waals surface area contributed by atoms with E-state index in [4.69, 9.17) is 5.73 Å². The summed E-state index contributed by atoms with van der Waals surface area (Å²) in [6, 6.07) is 1.60. The molecule has 1 rings (SSSR count). The summed E-state index contributed by atoms with van der Waals surface area (Å²) in [6.07, 6.45) is 3.58. The third-order valence-electron chi connectivity index (χ3n) is 3.25. The molecule has 2 N–H and O–H groups in total. The van der Waals surface area contributed by atoms with Crippen molar-refractivity contribution in [3.05, 3.63) is 35.1 Å². The molecule has 0 heterocycles. The summed E-state index contributed by atoms with van der Waals surface area (Å²) in [5.41, 5.74) is 6.07. The molecule has 4 heteroatoms. The molecule has 0 aromatic heterocycles. The van der Waals surface area contributed by atoms with Crippen LogP contribution in [0.2, 0.25) is 0 Å². The van der Waals surface area contributed by atoms with Crippen LogP contribution in [0, 0.1) is 23.4 Å². The lowest BCUT2D eigenvalue weighted by atomic mass is 9.86. The van der Waals surface area contributed by atoms with E-state index in [0.29, 0.717) is 0 Å². The summed E-state index contributed by atoms with van der Waals surface area (Å²) in [5, 5.41) is 0. The maximum absolute atomic E-state index is 13.7. The molecule has 1 aromatic carbocycles. The maximum Gasteiger partial charge on any atom is 0.194 e. The first-order valence-corrected chi connectivity index (χ1v) is 6.41. The summed E-state index contributed by atoms with van der Waals surface area (Å²) >= 11 is 0. The molecular weight excluding hydrogens is 239 g/mol. The van der Waals surface area contributed by atoms with Gasteiger partial charge >= 0.3 is 0 Å². The molecule has 102 valence electrons. The maximum atomic E-state index is 13.7. The van der Waals surface area contributed by atoms with Gasteiger partial charge in [-0.25, -0.2) is 13.2 Å². The highest BCUT2D eigenvalue weighted by Crippen LogP contribution is 2.30. The molecule has 1 aromatic rings. The predicted molar refractivity (Wildman–Crippen MR) is 66.6 cm³/mol. The van der Waals surface area contributed by atoms with Crippen molar-refractivity contribution in [2.75, 3.05) is 0 Å². The van der Waals surface area contributed by atoms with Crippen molar-refractivity contribution in [2.24, 2.45) is 11.7 Å². The van der Waals surface area contributed by atoms with E-state index >= 15 is 0 Å². The highest BCUT2D eigenvalue weighted by molar-refractivity contribution is 5.24. The van der Waals surface area contributed by atoms with Gasteiger partial charge in [-0.15, -0.1) is 0 Å². The lowest BCUT2D eigenvalue weighted by Crippen LogP contribution is -2.23. The van der Waals surface area contributed by atoms with E-state index in [2.05, 4.69) is 0 Å². The minimum atomic E-state index is -1.44. The van der Waals surface area contributed by atoms with Gasteiger partial charge in [-0.3, -0.25) is 0 Å². The Morgan fingerprint density at radius 2 is 1.56 bits per heavy atom. The van der Waals surface area contributed by atoms with Crippen LogP contribution in [0.1, 0.15) is 51.1 Å². The molecule has 0 amide bonds. The zero-order valence-corrected chi connectivity index (χ0v) is 10.8. The zero-order valence-electron chi connectivity index (χ0n) is 10.8. The lowest BCUT2D eigenvalue weighted by molar-refractivity contribution is 0.352. The van der Waals surface area contributed by atoms with E-state index in [1.165, 1.54) is 6.07 Å². The molecule has 1 unspecified atom stereocenters. The van der Waals surface area contributed by atoms with Gasteiger partial charge in [0.15, 0.2) is 17.5 Å². The second kappa shape index (κ2) is 6.78. The number of halogens is 3. The van der Waals surface area contributed by atoms with Crippen LogP contribution in [0.5, 0.6) is 0 Å². The van der Waals surface area contributed by atoms with Gasteiger partial charge in [0, 0.05) is 11.6 Å².